The standard InChI is InChI=1S/C22H25N5O/c28-22(25-19-8-1-9-20(16-19)27-15-5-12-24-27)21-10-4-14-26(21)13-3-7-18-6-2-11-23-17-18/h1-2,5-6,8-9,11-12,15-17,21H,3-4,7,10,13-14H2,(H,25,28)/t21-/m0/s1. The summed E-state index contributed by atoms with van der Waals surface area (Å²) in [5, 5.41) is 7.34. The van der Waals surface area contributed by atoms with Crippen LogP contribution in [0.25, 0.3) is 5.69 Å². The van der Waals surface area contributed by atoms with Crippen LogP contribution in [0.3, 0.4) is 0 Å². The quantitative estimate of drug-likeness (QED) is 0.688. The van der Waals surface area contributed by atoms with E-state index in [1.165, 1.54) is 5.56 Å². The molecule has 0 unspecified atom stereocenters. The summed E-state index contributed by atoms with van der Waals surface area (Å²) in [6, 6.07) is 13.7. The van der Waals surface area contributed by atoms with E-state index in [1.54, 1.807) is 17.1 Å². The van der Waals surface area contributed by atoms with Crippen molar-refractivity contribution in [2.24, 2.45) is 0 Å². The number of benzene rings is 1. The Morgan fingerprint density at radius 2 is 2.14 bits per heavy atom. The predicted molar refractivity (Wildman–Crippen MR) is 109 cm³/mol. The van der Waals surface area contributed by atoms with Gasteiger partial charge in [0, 0.05) is 30.5 Å². The fraction of sp³-hybridized carbons (Fsp3) is 0.318. The lowest BCUT2D eigenvalue weighted by atomic mass is 10.1. The third-order valence-electron chi connectivity index (χ3n) is 5.18. The molecule has 0 aliphatic carbocycles. The van der Waals surface area contributed by atoms with Crippen LogP contribution in [0.4, 0.5) is 5.69 Å². The highest BCUT2D eigenvalue weighted by Gasteiger charge is 2.30. The van der Waals surface area contributed by atoms with E-state index in [9.17, 15) is 4.79 Å². The monoisotopic (exact) mass is 375 g/mol. The maximum atomic E-state index is 12.9. The number of aryl methyl sites for hydroxylation is 1. The number of pyridine rings is 1. The molecule has 6 heteroatoms. The molecule has 4 rings (SSSR count). The molecule has 3 heterocycles. The van der Waals surface area contributed by atoms with Gasteiger partial charge in [0.2, 0.25) is 5.91 Å². The fourth-order valence-corrected chi connectivity index (χ4v) is 3.80. The summed E-state index contributed by atoms with van der Waals surface area (Å²) in [5.41, 5.74) is 2.99. The maximum Gasteiger partial charge on any atom is 0.241 e. The number of carbonyl (C=O) groups is 1. The van der Waals surface area contributed by atoms with Crippen molar-refractivity contribution in [3.63, 3.8) is 0 Å². The molecular weight excluding hydrogens is 350 g/mol. The van der Waals surface area contributed by atoms with Crippen LogP contribution in [0.5, 0.6) is 0 Å². The SMILES string of the molecule is O=C(Nc1cccc(-n2cccn2)c1)[C@@H]1CCCN1CCCc1cccnc1. The lowest BCUT2D eigenvalue weighted by Gasteiger charge is -2.23. The fourth-order valence-electron chi connectivity index (χ4n) is 3.80. The molecule has 28 heavy (non-hydrogen) atoms. The molecule has 1 amide bonds. The summed E-state index contributed by atoms with van der Waals surface area (Å²) in [6.07, 6.45) is 11.4. The topological polar surface area (TPSA) is 63.1 Å². The number of aromatic nitrogens is 3. The minimum absolute atomic E-state index is 0.0535. The Bertz CT molecular complexity index is 894. The van der Waals surface area contributed by atoms with Crippen LogP contribution in [0, 0.1) is 0 Å². The van der Waals surface area contributed by atoms with Gasteiger partial charge in [0.1, 0.15) is 0 Å². The van der Waals surface area contributed by atoms with Crippen LogP contribution in [0.15, 0.2) is 67.3 Å². The zero-order valence-corrected chi connectivity index (χ0v) is 15.9. The molecule has 1 aromatic carbocycles. The number of anilines is 1. The Balaban J connectivity index is 1.34. The van der Waals surface area contributed by atoms with Gasteiger partial charge in [-0.1, -0.05) is 12.1 Å². The van der Waals surface area contributed by atoms with E-state index in [4.69, 9.17) is 0 Å². The van der Waals surface area contributed by atoms with Gasteiger partial charge in [-0.25, -0.2) is 4.68 Å². The number of nitrogens with one attached hydrogen (secondary N) is 1. The number of nitrogens with zero attached hydrogens (tertiary/aromatic N) is 4. The third kappa shape index (κ3) is 4.46. The minimum atomic E-state index is -0.0535. The summed E-state index contributed by atoms with van der Waals surface area (Å²) < 4.78 is 1.79. The second kappa shape index (κ2) is 8.80. The minimum Gasteiger partial charge on any atom is -0.325 e. The molecule has 1 saturated heterocycles. The lowest BCUT2D eigenvalue weighted by Crippen LogP contribution is -2.40. The molecule has 0 saturated carbocycles. The van der Waals surface area contributed by atoms with Crippen LogP contribution in [-0.4, -0.2) is 44.7 Å². The predicted octanol–water partition coefficient (Wildman–Crippen LogP) is 3.30. The van der Waals surface area contributed by atoms with Crippen molar-refractivity contribution in [2.75, 3.05) is 18.4 Å². The first-order valence-corrected chi connectivity index (χ1v) is 9.83. The van der Waals surface area contributed by atoms with Crippen molar-refractivity contribution < 1.29 is 4.79 Å². The van der Waals surface area contributed by atoms with Gasteiger partial charge in [0.05, 0.1) is 11.7 Å². The van der Waals surface area contributed by atoms with E-state index in [0.717, 1.165) is 50.1 Å². The van der Waals surface area contributed by atoms with Crippen molar-refractivity contribution >= 4 is 11.6 Å². The second-order valence-corrected chi connectivity index (χ2v) is 7.15. The summed E-state index contributed by atoms with van der Waals surface area (Å²) >= 11 is 0. The Kier molecular flexibility index (Phi) is 5.77. The Morgan fingerprint density at radius 3 is 2.96 bits per heavy atom. The van der Waals surface area contributed by atoms with Crippen LogP contribution >= 0.6 is 0 Å². The van der Waals surface area contributed by atoms with E-state index in [1.807, 2.05) is 48.8 Å². The molecule has 0 bridgehead atoms. The molecule has 3 aromatic rings. The summed E-state index contributed by atoms with van der Waals surface area (Å²) in [7, 11) is 0. The number of hydrogen-bond donors (Lipinski definition) is 1. The van der Waals surface area contributed by atoms with Crippen molar-refractivity contribution in [3.8, 4) is 5.69 Å². The second-order valence-electron chi connectivity index (χ2n) is 7.15. The highest BCUT2D eigenvalue weighted by Crippen LogP contribution is 2.21. The van der Waals surface area contributed by atoms with Crippen molar-refractivity contribution in [3.05, 3.63) is 72.8 Å². The van der Waals surface area contributed by atoms with E-state index in [2.05, 4.69) is 26.4 Å². The highest BCUT2D eigenvalue weighted by atomic mass is 16.2. The third-order valence-corrected chi connectivity index (χ3v) is 5.18. The molecule has 0 radical (unpaired) electrons. The van der Waals surface area contributed by atoms with E-state index >= 15 is 0 Å². The molecule has 1 fully saturated rings. The Hall–Kier alpha value is -2.99. The first-order chi connectivity index (χ1) is 13.8. The van der Waals surface area contributed by atoms with Crippen LogP contribution in [0.1, 0.15) is 24.8 Å². The average molecular weight is 375 g/mol. The van der Waals surface area contributed by atoms with Crippen molar-refractivity contribution in [2.45, 2.75) is 31.7 Å². The van der Waals surface area contributed by atoms with Gasteiger partial charge < -0.3 is 5.32 Å². The average Bonchev–Trinajstić information content (AvgIpc) is 3.41. The first kappa shape index (κ1) is 18.4. The molecule has 1 atom stereocenters. The molecular formula is C22H25N5O. The van der Waals surface area contributed by atoms with Gasteiger partial charge in [-0.2, -0.15) is 5.10 Å². The van der Waals surface area contributed by atoms with E-state index < -0.39 is 0 Å². The Labute approximate surface area is 165 Å². The lowest BCUT2D eigenvalue weighted by molar-refractivity contribution is -0.120. The summed E-state index contributed by atoms with van der Waals surface area (Å²) in [5.74, 6) is 0.0801. The van der Waals surface area contributed by atoms with Gasteiger partial charge in [-0.15, -0.1) is 0 Å². The molecule has 0 spiro atoms. The van der Waals surface area contributed by atoms with Crippen molar-refractivity contribution in [1.82, 2.24) is 19.7 Å². The normalized spacial score (nSPS) is 16.9. The number of carbonyl (C=O) groups excluding carboxylic acids is 1. The number of rotatable bonds is 7. The highest BCUT2D eigenvalue weighted by molar-refractivity contribution is 5.95. The van der Waals surface area contributed by atoms with Crippen LogP contribution in [0.2, 0.25) is 0 Å². The van der Waals surface area contributed by atoms with Crippen molar-refractivity contribution in [1.29, 1.82) is 0 Å². The zero-order chi connectivity index (χ0) is 19.2. The summed E-state index contributed by atoms with van der Waals surface area (Å²) in [4.78, 5) is 19.3. The van der Waals surface area contributed by atoms with Gasteiger partial charge in [0.25, 0.3) is 0 Å². The maximum absolute atomic E-state index is 12.9. The largest absolute Gasteiger partial charge is 0.325 e. The molecule has 1 aliphatic rings. The van der Waals surface area contributed by atoms with E-state index in [0.29, 0.717) is 0 Å². The number of amides is 1. The Morgan fingerprint density at radius 1 is 1.18 bits per heavy atom. The molecule has 1 N–H and O–H groups in total. The van der Waals surface area contributed by atoms with Gasteiger partial charge >= 0.3 is 0 Å². The van der Waals surface area contributed by atoms with Crippen LogP contribution < -0.4 is 5.32 Å². The van der Waals surface area contributed by atoms with Gasteiger partial charge in [0.15, 0.2) is 0 Å². The first-order valence-electron chi connectivity index (χ1n) is 9.83. The molecule has 2 aromatic heterocycles. The number of likely N-dealkylation sites (tertiary alicyclic amines) is 1. The van der Waals surface area contributed by atoms with E-state index in [-0.39, 0.29) is 11.9 Å². The van der Waals surface area contributed by atoms with Gasteiger partial charge in [-0.05, 0) is 74.7 Å². The molecule has 6 nitrogen and oxygen atoms in total. The van der Waals surface area contributed by atoms with Crippen LogP contribution in [-0.2, 0) is 11.2 Å². The molecule has 1 aliphatic heterocycles. The van der Waals surface area contributed by atoms with Gasteiger partial charge in [-0.3, -0.25) is 14.7 Å². The summed E-state index contributed by atoms with van der Waals surface area (Å²) in [6.45, 7) is 1.92. The number of hydrogen-bond acceptors (Lipinski definition) is 4. The smallest absolute Gasteiger partial charge is 0.241 e. The zero-order valence-electron chi connectivity index (χ0n) is 15.9. The molecule has 144 valence electrons.